The highest BCUT2D eigenvalue weighted by molar-refractivity contribution is 5.26. The van der Waals surface area contributed by atoms with Gasteiger partial charge < -0.3 is 10.3 Å². The fourth-order valence-electron chi connectivity index (χ4n) is 5.64. The Morgan fingerprint density at radius 2 is 1.64 bits per heavy atom. The Labute approximate surface area is 152 Å². The van der Waals surface area contributed by atoms with Crippen LogP contribution in [0.15, 0.2) is 48.8 Å². The van der Waals surface area contributed by atoms with Gasteiger partial charge in [0.25, 0.3) is 0 Å². The van der Waals surface area contributed by atoms with E-state index in [4.69, 9.17) is 5.73 Å². The molecule has 4 rings (SSSR count). The predicted octanol–water partition coefficient (Wildman–Crippen LogP) is 5.29. The first-order valence-corrected chi connectivity index (χ1v) is 10.0. The summed E-state index contributed by atoms with van der Waals surface area (Å²) in [5, 5.41) is 0. The molecule has 6 atom stereocenters. The van der Waals surface area contributed by atoms with E-state index in [2.05, 4.69) is 67.2 Å². The van der Waals surface area contributed by atoms with Crippen molar-refractivity contribution >= 4 is 0 Å². The number of nitrogens with zero attached hydrogens (tertiary/aromatic N) is 1. The van der Waals surface area contributed by atoms with E-state index in [0.29, 0.717) is 18.0 Å². The number of aryl methyl sites for hydroxylation is 1. The molecule has 2 fully saturated rings. The smallest absolute Gasteiger partial charge is 0.0367 e. The number of hydrogen-bond acceptors (Lipinski definition) is 1. The molecule has 2 aliphatic rings. The number of nitrogens with two attached hydrogens (primary N) is 1. The zero-order valence-electron chi connectivity index (χ0n) is 15.6. The van der Waals surface area contributed by atoms with Crippen molar-refractivity contribution in [1.29, 1.82) is 0 Å². The summed E-state index contributed by atoms with van der Waals surface area (Å²) in [4.78, 5) is 0. The van der Waals surface area contributed by atoms with E-state index in [1.807, 2.05) is 0 Å². The Kier molecular flexibility index (Phi) is 4.73. The van der Waals surface area contributed by atoms with Crippen LogP contribution >= 0.6 is 0 Å². The summed E-state index contributed by atoms with van der Waals surface area (Å²) in [5.41, 5.74) is 9.28. The molecule has 0 spiro atoms. The minimum absolute atomic E-state index is 0.400. The molecule has 2 N–H and O–H groups in total. The lowest BCUT2D eigenvalue weighted by Crippen LogP contribution is -2.36. The molecular weight excluding hydrogens is 304 g/mol. The van der Waals surface area contributed by atoms with Gasteiger partial charge in [-0.1, -0.05) is 36.8 Å². The maximum absolute atomic E-state index is 6.40. The highest BCUT2D eigenvalue weighted by Crippen LogP contribution is 2.51. The summed E-state index contributed by atoms with van der Waals surface area (Å²) in [6, 6.07) is 14.6. The van der Waals surface area contributed by atoms with E-state index in [9.17, 15) is 0 Å². The Morgan fingerprint density at radius 3 is 2.32 bits per heavy atom. The Hall–Kier alpha value is -1.54. The van der Waals surface area contributed by atoms with Gasteiger partial charge in [-0.2, -0.15) is 0 Å². The van der Waals surface area contributed by atoms with Gasteiger partial charge in [0.15, 0.2) is 0 Å². The van der Waals surface area contributed by atoms with Crippen LogP contribution in [-0.2, 0) is 0 Å². The highest BCUT2D eigenvalue weighted by Gasteiger charge is 2.42. The van der Waals surface area contributed by atoms with E-state index in [1.54, 1.807) is 0 Å². The Morgan fingerprint density at radius 1 is 0.920 bits per heavy atom. The topological polar surface area (TPSA) is 30.9 Å². The Bertz CT molecular complexity index is 663. The van der Waals surface area contributed by atoms with Crippen molar-refractivity contribution in [2.45, 2.75) is 64.0 Å². The third kappa shape index (κ3) is 3.55. The predicted molar refractivity (Wildman–Crippen MR) is 105 cm³/mol. The van der Waals surface area contributed by atoms with Gasteiger partial charge in [-0.15, -0.1) is 0 Å². The van der Waals surface area contributed by atoms with Crippen molar-refractivity contribution in [1.82, 2.24) is 4.57 Å². The lowest BCUT2D eigenvalue weighted by Gasteiger charge is -2.37. The molecule has 134 valence electrons. The van der Waals surface area contributed by atoms with Gasteiger partial charge >= 0.3 is 0 Å². The second-order valence-electron chi connectivity index (χ2n) is 8.77. The number of rotatable bonds is 3. The van der Waals surface area contributed by atoms with Crippen molar-refractivity contribution in [3.8, 4) is 0 Å². The minimum Gasteiger partial charge on any atom is -0.351 e. The van der Waals surface area contributed by atoms with Crippen LogP contribution in [0.1, 0.15) is 62.1 Å². The fraction of sp³-hybridized carbons (Fsp3) is 0.565. The average Bonchev–Trinajstić information content (AvgIpc) is 3.24. The molecule has 2 saturated carbocycles. The second kappa shape index (κ2) is 6.99. The first-order valence-electron chi connectivity index (χ1n) is 10.0. The molecule has 0 aliphatic heterocycles. The van der Waals surface area contributed by atoms with Crippen molar-refractivity contribution in [3.63, 3.8) is 0 Å². The molecule has 1 aromatic carbocycles. The number of hydrogen-bond donors (Lipinski definition) is 1. The molecule has 0 bridgehead atoms. The lowest BCUT2D eigenvalue weighted by molar-refractivity contribution is 0.157. The summed E-state index contributed by atoms with van der Waals surface area (Å²) >= 11 is 0. The SMILES string of the molecule is Cc1ccc(C2CC(C3CC(C)CC(N)C3)C(n3cccc3)C2)cc1. The summed E-state index contributed by atoms with van der Waals surface area (Å²) in [5.74, 6) is 3.00. The summed E-state index contributed by atoms with van der Waals surface area (Å²) in [7, 11) is 0. The van der Waals surface area contributed by atoms with Gasteiger partial charge in [0, 0.05) is 24.5 Å². The molecule has 2 heteroatoms. The van der Waals surface area contributed by atoms with E-state index in [-0.39, 0.29) is 0 Å². The molecule has 1 aromatic heterocycles. The fourth-order valence-corrected chi connectivity index (χ4v) is 5.64. The monoisotopic (exact) mass is 336 g/mol. The van der Waals surface area contributed by atoms with E-state index in [1.165, 1.54) is 43.2 Å². The molecule has 6 unspecified atom stereocenters. The van der Waals surface area contributed by atoms with Gasteiger partial charge in [-0.3, -0.25) is 0 Å². The van der Waals surface area contributed by atoms with Crippen molar-refractivity contribution in [3.05, 3.63) is 59.9 Å². The zero-order chi connectivity index (χ0) is 17.4. The van der Waals surface area contributed by atoms with Crippen molar-refractivity contribution in [2.75, 3.05) is 0 Å². The first-order chi connectivity index (χ1) is 12.1. The molecule has 25 heavy (non-hydrogen) atoms. The van der Waals surface area contributed by atoms with E-state index >= 15 is 0 Å². The Balaban J connectivity index is 1.59. The van der Waals surface area contributed by atoms with Crippen LogP contribution in [0.3, 0.4) is 0 Å². The third-order valence-corrected chi connectivity index (χ3v) is 6.76. The molecule has 0 amide bonds. The molecule has 0 radical (unpaired) electrons. The molecule has 0 saturated heterocycles. The van der Waals surface area contributed by atoms with E-state index < -0.39 is 0 Å². The van der Waals surface area contributed by atoms with Crippen LogP contribution < -0.4 is 5.73 Å². The normalized spacial score (nSPS) is 35.8. The standard InChI is InChI=1S/C23H32N2/c1-16-5-7-18(8-6-16)19-14-22(20-11-17(2)12-21(24)13-20)23(15-19)25-9-3-4-10-25/h3-10,17,19-23H,11-15,24H2,1-2H3. The van der Waals surface area contributed by atoms with Crippen LogP contribution in [0.2, 0.25) is 0 Å². The van der Waals surface area contributed by atoms with Gasteiger partial charge in [-0.25, -0.2) is 0 Å². The molecule has 2 nitrogen and oxygen atoms in total. The van der Waals surface area contributed by atoms with Crippen LogP contribution in [0.4, 0.5) is 0 Å². The maximum Gasteiger partial charge on any atom is 0.0367 e. The van der Waals surface area contributed by atoms with Gasteiger partial charge in [0.1, 0.15) is 0 Å². The van der Waals surface area contributed by atoms with Gasteiger partial charge in [-0.05, 0) is 80.4 Å². The number of aromatic nitrogens is 1. The average molecular weight is 337 g/mol. The van der Waals surface area contributed by atoms with E-state index in [0.717, 1.165) is 17.8 Å². The molecule has 1 heterocycles. The zero-order valence-corrected chi connectivity index (χ0v) is 15.6. The van der Waals surface area contributed by atoms with Crippen LogP contribution in [0.25, 0.3) is 0 Å². The largest absolute Gasteiger partial charge is 0.351 e. The van der Waals surface area contributed by atoms with Gasteiger partial charge in [0.2, 0.25) is 0 Å². The highest BCUT2D eigenvalue weighted by atomic mass is 15.0. The lowest BCUT2D eigenvalue weighted by atomic mass is 9.72. The van der Waals surface area contributed by atoms with Gasteiger partial charge in [0.05, 0.1) is 0 Å². The maximum atomic E-state index is 6.40. The quantitative estimate of drug-likeness (QED) is 0.810. The second-order valence-corrected chi connectivity index (χ2v) is 8.77. The third-order valence-electron chi connectivity index (χ3n) is 6.76. The molecule has 2 aromatic rings. The first kappa shape index (κ1) is 16.9. The number of benzene rings is 1. The minimum atomic E-state index is 0.400. The summed E-state index contributed by atoms with van der Waals surface area (Å²) in [6.45, 7) is 4.57. The molecular formula is C23H32N2. The van der Waals surface area contributed by atoms with Crippen LogP contribution in [-0.4, -0.2) is 10.6 Å². The molecule has 2 aliphatic carbocycles. The van der Waals surface area contributed by atoms with Crippen molar-refractivity contribution in [2.24, 2.45) is 23.5 Å². The summed E-state index contributed by atoms with van der Waals surface area (Å²) < 4.78 is 2.48. The summed E-state index contributed by atoms with van der Waals surface area (Å²) in [6.07, 6.45) is 10.9. The van der Waals surface area contributed by atoms with Crippen LogP contribution in [0.5, 0.6) is 0 Å². The van der Waals surface area contributed by atoms with Crippen LogP contribution in [0, 0.1) is 24.7 Å². The van der Waals surface area contributed by atoms with Crippen molar-refractivity contribution < 1.29 is 0 Å².